The zero-order chi connectivity index (χ0) is 14.0. The van der Waals surface area contributed by atoms with Gasteiger partial charge in [0, 0.05) is 17.5 Å². The standard InChI is InChI=1S/C13H15N3O2S/c1-8-12(19-7-15-8)6-16(2)13(18)9-3-4-10(14)11(17)5-9/h3-5,7,17H,6,14H2,1-2H3. The van der Waals surface area contributed by atoms with E-state index in [9.17, 15) is 9.90 Å². The highest BCUT2D eigenvalue weighted by molar-refractivity contribution is 7.09. The van der Waals surface area contributed by atoms with E-state index >= 15 is 0 Å². The molecule has 0 spiro atoms. The number of carbonyl (C=O) groups excluding carboxylic acids is 1. The summed E-state index contributed by atoms with van der Waals surface area (Å²) >= 11 is 1.52. The van der Waals surface area contributed by atoms with Crippen molar-refractivity contribution in [1.29, 1.82) is 0 Å². The number of benzene rings is 1. The molecule has 2 aromatic rings. The summed E-state index contributed by atoms with van der Waals surface area (Å²) in [4.78, 5) is 19.0. The molecule has 0 aliphatic rings. The van der Waals surface area contributed by atoms with E-state index in [4.69, 9.17) is 5.73 Å². The molecule has 100 valence electrons. The Bertz CT molecular complexity index is 610. The first-order valence-corrected chi connectivity index (χ1v) is 6.60. The minimum Gasteiger partial charge on any atom is -0.506 e. The van der Waals surface area contributed by atoms with Crippen LogP contribution in [0.25, 0.3) is 0 Å². The molecule has 1 heterocycles. The zero-order valence-corrected chi connectivity index (χ0v) is 11.6. The van der Waals surface area contributed by atoms with Crippen LogP contribution in [0.3, 0.4) is 0 Å². The van der Waals surface area contributed by atoms with Crippen molar-refractivity contribution in [1.82, 2.24) is 9.88 Å². The molecule has 1 aromatic heterocycles. The number of phenols is 1. The van der Waals surface area contributed by atoms with E-state index in [0.29, 0.717) is 12.1 Å². The van der Waals surface area contributed by atoms with Crippen molar-refractivity contribution in [3.8, 4) is 5.75 Å². The van der Waals surface area contributed by atoms with Crippen LogP contribution in [-0.4, -0.2) is 27.9 Å². The fraction of sp³-hybridized carbons (Fsp3) is 0.231. The van der Waals surface area contributed by atoms with Gasteiger partial charge >= 0.3 is 0 Å². The molecule has 0 unspecified atom stereocenters. The summed E-state index contributed by atoms with van der Waals surface area (Å²) in [6, 6.07) is 4.51. The molecule has 0 fully saturated rings. The molecular weight excluding hydrogens is 262 g/mol. The lowest BCUT2D eigenvalue weighted by Gasteiger charge is -2.17. The Kier molecular flexibility index (Phi) is 3.71. The van der Waals surface area contributed by atoms with Gasteiger partial charge in [-0.15, -0.1) is 11.3 Å². The highest BCUT2D eigenvalue weighted by Gasteiger charge is 2.15. The van der Waals surface area contributed by atoms with Gasteiger partial charge in [-0.2, -0.15) is 0 Å². The average Bonchev–Trinajstić information content (AvgIpc) is 2.77. The molecule has 5 nitrogen and oxygen atoms in total. The minimum absolute atomic E-state index is 0.0757. The van der Waals surface area contributed by atoms with Crippen molar-refractivity contribution in [3.05, 3.63) is 39.8 Å². The molecule has 3 N–H and O–H groups in total. The van der Waals surface area contributed by atoms with Crippen LogP contribution < -0.4 is 5.73 Å². The number of nitrogens with zero attached hydrogens (tertiary/aromatic N) is 2. The summed E-state index contributed by atoms with van der Waals surface area (Å²) in [7, 11) is 1.72. The van der Waals surface area contributed by atoms with Crippen molar-refractivity contribution >= 4 is 22.9 Å². The summed E-state index contributed by atoms with van der Waals surface area (Å²) in [5.41, 5.74) is 8.88. The first-order chi connectivity index (χ1) is 8.99. The van der Waals surface area contributed by atoms with Gasteiger partial charge in [0.05, 0.1) is 23.4 Å². The lowest BCUT2D eigenvalue weighted by molar-refractivity contribution is 0.0786. The number of nitrogen functional groups attached to an aromatic ring is 1. The van der Waals surface area contributed by atoms with Crippen LogP contribution in [0.15, 0.2) is 23.7 Å². The summed E-state index contributed by atoms with van der Waals surface area (Å²) < 4.78 is 0. The highest BCUT2D eigenvalue weighted by Crippen LogP contribution is 2.22. The molecule has 0 atom stereocenters. The van der Waals surface area contributed by atoms with E-state index < -0.39 is 0 Å². The van der Waals surface area contributed by atoms with Gasteiger partial charge in [-0.3, -0.25) is 4.79 Å². The topological polar surface area (TPSA) is 79.5 Å². The van der Waals surface area contributed by atoms with Crippen LogP contribution in [0.4, 0.5) is 5.69 Å². The summed E-state index contributed by atoms with van der Waals surface area (Å²) in [5.74, 6) is -0.240. The maximum absolute atomic E-state index is 12.2. The van der Waals surface area contributed by atoms with Crippen molar-refractivity contribution in [2.75, 3.05) is 12.8 Å². The summed E-state index contributed by atoms with van der Waals surface area (Å²) in [6.45, 7) is 2.42. The predicted octanol–water partition coefficient (Wildman–Crippen LogP) is 2.01. The molecule has 0 saturated carbocycles. The number of phenolic OH excluding ortho intramolecular Hbond substituents is 1. The molecule has 0 radical (unpaired) electrons. The second kappa shape index (κ2) is 5.27. The maximum Gasteiger partial charge on any atom is 0.254 e. The van der Waals surface area contributed by atoms with Crippen LogP contribution in [0, 0.1) is 6.92 Å². The molecule has 6 heteroatoms. The fourth-order valence-corrected chi connectivity index (χ4v) is 2.49. The first-order valence-electron chi connectivity index (χ1n) is 5.72. The Morgan fingerprint density at radius 1 is 1.53 bits per heavy atom. The Hall–Kier alpha value is -2.08. The number of amides is 1. The van der Waals surface area contributed by atoms with Crippen molar-refractivity contribution in [2.24, 2.45) is 0 Å². The quantitative estimate of drug-likeness (QED) is 0.664. The smallest absolute Gasteiger partial charge is 0.254 e. The van der Waals surface area contributed by atoms with E-state index in [1.807, 2.05) is 6.92 Å². The summed E-state index contributed by atoms with van der Waals surface area (Å²) in [5, 5.41) is 9.53. The predicted molar refractivity (Wildman–Crippen MR) is 75.2 cm³/mol. The number of hydrogen-bond acceptors (Lipinski definition) is 5. The van der Waals surface area contributed by atoms with Crippen LogP contribution in [0.2, 0.25) is 0 Å². The van der Waals surface area contributed by atoms with Gasteiger partial charge < -0.3 is 15.7 Å². The molecule has 0 saturated heterocycles. The zero-order valence-electron chi connectivity index (χ0n) is 10.8. The molecule has 1 aromatic carbocycles. The lowest BCUT2D eigenvalue weighted by Crippen LogP contribution is -2.26. The summed E-state index contributed by atoms with van der Waals surface area (Å²) in [6.07, 6.45) is 0. The number of aromatic nitrogens is 1. The number of anilines is 1. The Labute approximate surface area is 115 Å². The van der Waals surface area contributed by atoms with Gasteiger partial charge in [-0.1, -0.05) is 0 Å². The highest BCUT2D eigenvalue weighted by atomic mass is 32.1. The van der Waals surface area contributed by atoms with E-state index in [0.717, 1.165) is 10.6 Å². The number of nitrogens with two attached hydrogens (primary N) is 1. The second-order valence-electron chi connectivity index (χ2n) is 4.30. The van der Waals surface area contributed by atoms with Crippen LogP contribution in [0.5, 0.6) is 5.75 Å². The SMILES string of the molecule is Cc1ncsc1CN(C)C(=O)c1ccc(N)c(O)c1. The number of carbonyl (C=O) groups is 1. The van der Waals surface area contributed by atoms with Crippen molar-refractivity contribution in [2.45, 2.75) is 13.5 Å². The van der Waals surface area contributed by atoms with Gasteiger partial charge in [-0.05, 0) is 25.1 Å². The largest absolute Gasteiger partial charge is 0.506 e. The molecular formula is C13H15N3O2S. The average molecular weight is 277 g/mol. The third-order valence-electron chi connectivity index (χ3n) is 2.85. The van der Waals surface area contributed by atoms with E-state index in [1.54, 1.807) is 23.5 Å². The molecule has 0 bridgehead atoms. The molecule has 1 amide bonds. The van der Waals surface area contributed by atoms with Gasteiger partial charge in [0.2, 0.25) is 0 Å². The van der Waals surface area contributed by atoms with Gasteiger partial charge in [0.1, 0.15) is 5.75 Å². The van der Waals surface area contributed by atoms with E-state index in [1.165, 1.54) is 23.5 Å². The number of hydrogen-bond donors (Lipinski definition) is 2. The van der Waals surface area contributed by atoms with Gasteiger partial charge in [0.25, 0.3) is 5.91 Å². The number of thiazole rings is 1. The molecule has 2 rings (SSSR count). The Morgan fingerprint density at radius 2 is 2.26 bits per heavy atom. The number of aryl methyl sites for hydroxylation is 1. The van der Waals surface area contributed by atoms with Crippen LogP contribution in [-0.2, 0) is 6.54 Å². The second-order valence-corrected chi connectivity index (χ2v) is 5.24. The number of aromatic hydroxyl groups is 1. The van der Waals surface area contributed by atoms with Gasteiger partial charge in [-0.25, -0.2) is 4.98 Å². The molecule has 0 aliphatic heterocycles. The maximum atomic E-state index is 12.2. The lowest BCUT2D eigenvalue weighted by atomic mass is 10.1. The van der Waals surface area contributed by atoms with E-state index in [2.05, 4.69) is 4.98 Å². The van der Waals surface area contributed by atoms with E-state index in [-0.39, 0.29) is 17.3 Å². The minimum atomic E-state index is -0.164. The third kappa shape index (κ3) is 2.85. The van der Waals surface area contributed by atoms with Crippen LogP contribution in [0.1, 0.15) is 20.9 Å². The monoisotopic (exact) mass is 277 g/mol. The normalized spacial score (nSPS) is 10.4. The Balaban J connectivity index is 2.15. The van der Waals surface area contributed by atoms with Crippen LogP contribution >= 0.6 is 11.3 Å². The van der Waals surface area contributed by atoms with Gasteiger partial charge in [0.15, 0.2) is 0 Å². The van der Waals surface area contributed by atoms with Crippen molar-refractivity contribution in [3.63, 3.8) is 0 Å². The number of rotatable bonds is 3. The third-order valence-corrected chi connectivity index (χ3v) is 3.77. The molecule has 0 aliphatic carbocycles. The fourth-order valence-electron chi connectivity index (χ4n) is 1.66. The van der Waals surface area contributed by atoms with Crippen molar-refractivity contribution < 1.29 is 9.90 Å². The first kappa shape index (κ1) is 13.4. The molecule has 19 heavy (non-hydrogen) atoms. The Morgan fingerprint density at radius 3 is 2.84 bits per heavy atom.